The van der Waals surface area contributed by atoms with Gasteiger partial charge >= 0.3 is 0 Å². The fourth-order valence-corrected chi connectivity index (χ4v) is 3.02. The molecular weight excluding hydrogens is 304 g/mol. The number of hydrogen-bond donors (Lipinski definition) is 2. The van der Waals surface area contributed by atoms with Crippen LogP contribution in [0.5, 0.6) is 11.5 Å². The van der Waals surface area contributed by atoms with E-state index in [1.807, 2.05) is 6.07 Å². The molecule has 0 bridgehead atoms. The van der Waals surface area contributed by atoms with E-state index < -0.39 is 0 Å². The number of aromatic nitrogens is 1. The van der Waals surface area contributed by atoms with Crippen molar-refractivity contribution >= 4 is 5.91 Å². The van der Waals surface area contributed by atoms with Crippen LogP contribution in [0.2, 0.25) is 0 Å². The Bertz CT molecular complexity index is 675. The Kier molecular flexibility index (Phi) is 5.43. The molecule has 1 aliphatic rings. The minimum absolute atomic E-state index is 0.133. The molecule has 1 aromatic heterocycles. The van der Waals surface area contributed by atoms with Crippen molar-refractivity contribution in [3.8, 4) is 11.5 Å². The van der Waals surface area contributed by atoms with E-state index in [9.17, 15) is 9.90 Å². The molecule has 2 N–H and O–H groups in total. The molecule has 0 unspecified atom stereocenters. The number of benzene rings is 1. The number of aliphatic hydroxyl groups excluding tert-OH is 1. The van der Waals surface area contributed by atoms with Gasteiger partial charge in [-0.2, -0.15) is 0 Å². The fourth-order valence-electron chi connectivity index (χ4n) is 3.02. The number of hydrogen-bond acceptors (Lipinski definition) is 4. The maximum absolute atomic E-state index is 12.5. The van der Waals surface area contributed by atoms with Crippen molar-refractivity contribution in [3.63, 3.8) is 0 Å². The first kappa shape index (κ1) is 16.5. The molecule has 24 heavy (non-hydrogen) atoms. The lowest BCUT2D eigenvalue weighted by Gasteiger charge is -2.27. The number of nitrogens with zero attached hydrogens (tertiary/aromatic N) is 1. The second kappa shape index (κ2) is 7.93. The van der Waals surface area contributed by atoms with E-state index in [-0.39, 0.29) is 17.9 Å². The molecule has 1 amide bonds. The normalized spacial score (nSPS) is 20.4. The molecule has 1 aliphatic carbocycles. The third-order valence-electron chi connectivity index (χ3n) is 4.39. The minimum Gasteiger partial charge on any atom is -0.455 e. The number of ether oxygens (including phenoxy) is 1. The van der Waals surface area contributed by atoms with E-state index in [2.05, 4.69) is 10.3 Å². The maximum atomic E-state index is 12.5. The van der Waals surface area contributed by atoms with Gasteiger partial charge < -0.3 is 15.2 Å². The van der Waals surface area contributed by atoms with Gasteiger partial charge in [-0.05, 0) is 37.1 Å². The van der Waals surface area contributed by atoms with Gasteiger partial charge in [-0.3, -0.25) is 9.78 Å². The summed E-state index contributed by atoms with van der Waals surface area (Å²) in [6.07, 6.45) is 6.90. The lowest BCUT2D eigenvalue weighted by molar-refractivity contribution is 0.0662. The number of carbonyl (C=O) groups excluding carboxylic acids is 1. The number of rotatable bonds is 5. The largest absolute Gasteiger partial charge is 0.455 e. The minimum atomic E-state index is -0.319. The zero-order valence-corrected chi connectivity index (χ0v) is 13.5. The smallest absolute Gasteiger partial charge is 0.255 e. The molecule has 2 atom stereocenters. The van der Waals surface area contributed by atoms with Crippen LogP contribution >= 0.6 is 0 Å². The first-order chi connectivity index (χ1) is 11.7. The summed E-state index contributed by atoms with van der Waals surface area (Å²) in [5, 5.41) is 12.9. The second-order valence-corrected chi connectivity index (χ2v) is 6.11. The highest BCUT2D eigenvalue weighted by molar-refractivity contribution is 5.97. The van der Waals surface area contributed by atoms with Crippen molar-refractivity contribution in [2.75, 3.05) is 6.54 Å². The summed E-state index contributed by atoms with van der Waals surface area (Å²) in [5.41, 5.74) is 0.478. The third kappa shape index (κ3) is 4.11. The molecule has 0 radical (unpaired) electrons. The zero-order chi connectivity index (χ0) is 16.8. The van der Waals surface area contributed by atoms with E-state index in [1.54, 1.807) is 42.7 Å². The highest BCUT2D eigenvalue weighted by atomic mass is 16.5. The average Bonchev–Trinajstić information content (AvgIpc) is 2.62. The molecule has 2 aromatic rings. The van der Waals surface area contributed by atoms with Gasteiger partial charge in [0.05, 0.1) is 17.9 Å². The highest BCUT2D eigenvalue weighted by Gasteiger charge is 2.24. The van der Waals surface area contributed by atoms with Crippen LogP contribution in [0.3, 0.4) is 0 Å². The summed E-state index contributed by atoms with van der Waals surface area (Å²) in [5.74, 6) is 1.02. The summed E-state index contributed by atoms with van der Waals surface area (Å²) < 4.78 is 5.77. The van der Waals surface area contributed by atoms with Crippen LogP contribution < -0.4 is 10.1 Å². The van der Waals surface area contributed by atoms with E-state index in [0.717, 1.165) is 25.7 Å². The van der Waals surface area contributed by atoms with Crippen molar-refractivity contribution < 1.29 is 14.6 Å². The molecule has 1 aromatic carbocycles. The molecule has 1 saturated carbocycles. The molecule has 0 spiro atoms. The lowest BCUT2D eigenvalue weighted by Crippen LogP contribution is -2.36. The van der Waals surface area contributed by atoms with Gasteiger partial charge in [0, 0.05) is 18.7 Å². The van der Waals surface area contributed by atoms with Gasteiger partial charge in [0.2, 0.25) is 0 Å². The Morgan fingerprint density at radius 3 is 2.83 bits per heavy atom. The quantitative estimate of drug-likeness (QED) is 0.885. The Morgan fingerprint density at radius 1 is 1.21 bits per heavy atom. The van der Waals surface area contributed by atoms with Crippen LogP contribution in [0.25, 0.3) is 0 Å². The summed E-state index contributed by atoms with van der Waals surface area (Å²) in [7, 11) is 0. The Hall–Kier alpha value is -2.40. The topological polar surface area (TPSA) is 71.5 Å². The maximum Gasteiger partial charge on any atom is 0.255 e. The van der Waals surface area contributed by atoms with Gasteiger partial charge in [0.15, 0.2) is 0 Å². The van der Waals surface area contributed by atoms with Crippen molar-refractivity contribution in [2.24, 2.45) is 5.92 Å². The van der Waals surface area contributed by atoms with Crippen LogP contribution in [0.15, 0.2) is 48.8 Å². The third-order valence-corrected chi connectivity index (χ3v) is 4.39. The zero-order valence-electron chi connectivity index (χ0n) is 13.5. The van der Waals surface area contributed by atoms with Crippen LogP contribution in [0.1, 0.15) is 36.0 Å². The molecule has 1 fully saturated rings. The van der Waals surface area contributed by atoms with E-state index in [1.165, 1.54) is 0 Å². The number of nitrogens with one attached hydrogen (secondary N) is 1. The molecule has 5 nitrogen and oxygen atoms in total. The first-order valence-corrected chi connectivity index (χ1v) is 8.37. The molecule has 5 heteroatoms. The number of amides is 1. The van der Waals surface area contributed by atoms with Crippen molar-refractivity contribution in [1.29, 1.82) is 0 Å². The standard InChI is InChI=1S/C19H22N2O3/c22-17-9-3-1-6-14(17)12-21-19(23)16-8-2-4-10-18(16)24-15-7-5-11-20-13-15/h2,4-5,7-8,10-11,13-14,17,22H,1,3,6,9,12H2,(H,21,23)/t14-,17-/m1/s1. The second-order valence-electron chi connectivity index (χ2n) is 6.11. The lowest BCUT2D eigenvalue weighted by atomic mass is 9.86. The molecular formula is C19H22N2O3. The first-order valence-electron chi connectivity index (χ1n) is 8.37. The van der Waals surface area contributed by atoms with Gasteiger partial charge in [-0.25, -0.2) is 0 Å². The highest BCUT2D eigenvalue weighted by Crippen LogP contribution is 2.26. The van der Waals surface area contributed by atoms with E-state index >= 15 is 0 Å². The predicted molar refractivity (Wildman–Crippen MR) is 91.1 cm³/mol. The number of carbonyl (C=O) groups is 1. The van der Waals surface area contributed by atoms with Gasteiger partial charge in [0.25, 0.3) is 5.91 Å². The number of aliphatic hydroxyl groups is 1. The molecule has 3 rings (SSSR count). The number of pyridine rings is 1. The molecule has 0 aliphatic heterocycles. The number of para-hydroxylation sites is 1. The Labute approximate surface area is 141 Å². The van der Waals surface area contributed by atoms with Gasteiger partial charge in [-0.1, -0.05) is 25.0 Å². The van der Waals surface area contributed by atoms with E-state index in [0.29, 0.717) is 23.6 Å². The summed E-state index contributed by atoms with van der Waals surface area (Å²) in [4.78, 5) is 16.5. The summed E-state index contributed by atoms with van der Waals surface area (Å²) in [6.45, 7) is 0.487. The van der Waals surface area contributed by atoms with Crippen LogP contribution in [0.4, 0.5) is 0 Å². The van der Waals surface area contributed by atoms with Crippen LogP contribution in [-0.4, -0.2) is 28.6 Å². The van der Waals surface area contributed by atoms with Crippen molar-refractivity contribution in [2.45, 2.75) is 31.8 Å². The van der Waals surface area contributed by atoms with Gasteiger partial charge in [0.1, 0.15) is 11.5 Å². The molecule has 126 valence electrons. The van der Waals surface area contributed by atoms with Crippen LogP contribution in [-0.2, 0) is 0 Å². The summed E-state index contributed by atoms with van der Waals surface area (Å²) >= 11 is 0. The predicted octanol–water partition coefficient (Wildman–Crippen LogP) is 3.15. The van der Waals surface area contributed by atoms with Crippen molar-refractivity contribution in [1.82, 2.24) is 10.3 Å². The fraction of sp³-hybridized carbons (Fsp3) is 0.368. The van der Waals surface area contributed by atoms with E-state index in [4.69, 9.17) is 4.74 Å². The Morgan fingerprint density at radius 2 is 2.04 bits per heavy atom. The summed E-state index contributed by atoms with van der Waals surface area (Å²) in [6, 6.07) is 10.7. The van der Waals surface area contributed by atoms with Crippen LogP contribution in [0, 0.1) is 5.92 Å². The molecule has 1 heterocycles. The Balaban J connectivity index is 1.66. The van der Waals surface area contributed by atoms with Gasteiger partial charge in [-0.15, -0.1) is 0 Å². The van der Waals surface area contributed by atoms with Crippen molar-refractivity contribution in [3.05, 3.63) is 54.4 Å². The monoisotopic (exact) mass is 326 g/mol. The SMILES string of the molecule is O=C(NC[C@H]1CCCC[C@H]1O)c1ccccc1Oc1cccnc1. The average molecular weight is 326 g/mol. The molecule has 0 saturated heterocycles.